The topological polar surface area (TPSA) is 129 Å². The van der Waals surface area contributed by atoms with E-state index in [9.17, 15) is 27.1 Å². The van der Waals surface area contributed by atoms with E-state index in [1.165, 1.54) is 28.5 Å². The molecule has 3 heterocycles. The fourth-order valence-electron chi connectivity index (χ4n) is 4.60. The van der Waals surface area contributed by atoms with Gasteiger partial charge in [-0.2, -0.15) is 0 Å². The first-order valence-electron chi connectivity index (χ1n) is 10.6. The standard InChI is InChI=1S/C21H22ClF2N5O4S2/c1-2-28-7-5-21(9-15(28)35(25,32)33,13-3-4-14(23)17(24)16(13)22)29-11-12(20(30)31)10-27-18(29)19-26-6-8-34-19/h3-4,6,8,11,15H,2,5,7,9-10H2,1H3,(H,30,31)(H2,25,32,33). The van der Waals surface area contributed by atoms with Crippen LogP contribution in [0.5, 0.6) is 0 Å². The van der Waals surface area contributed by atoms with Gasteiger partial charge in [0.1, 0.15) is 5.37 Å². The van der Waals surface area contributed by atoms with Crippen molar-refractivity contribution in [3.8, 4) is 0 Å². The van der Waals surface area contributed by atoms with Crippen LogP contribution in [0.15, 0.2) is 40.5 Å². The van der Waals surface area contributed by atoms with E-state index in [1.807, 2.05) is 0 Å². The third-order valence-corrected chi connectivity index (χ3v) is 8.69. The largest absolute Gasteiger partial charge is 0.478 e. The number of aliphatic carboxylic acids is 1. The number of piperidine rings is 1. The zero-order valence-electron chi connectivity index (χ0n) is 18.5. The minimum atomic E-state index is -4.14. The first kappa shape index (κ1) is 25.6. The predicted molar refractivity (Wildman–Crippen MR) is 127 cm³/mol. The fraction of sp³-hybridized carbons (Fsp3) is 0.381. The number of likely N-dealkylation sites (tertiary alicyclic amines) is 1. The average Bonchev–Trinajstić information content (AvgIpc) is 3.36. The first-order chi connectivity index (χ1) is 16.5. The number of benzene rings is 1. The number of carboxylic acids is 1. The van der Waals surface area contributed by atoms with Gasteiger partial charge in [-0.1, -0.05) is 24.6 Å². The molecule has 0 spiro atoms. The van der Waals surface area contributed by atoms with Gasteiger partial charge in [-0.25, -0.2) is 32.1 Å². The van der Waals surface area contributed by atoms with Crippen LogP contribution in [-0.4, -0.2) is 65.1 Å². The van der Waals surface area contributed by atoms with Gasteiger partial charge in [-0.15, -0.1) is 11.3 Å². The zero-order chi connectivity index (χ0) is 25.5. The first-order valence-corrected chi connectivity index (χ1v) is 13.4. The summed E-state index contributed by atoms with van der Waals surface area (Å²) >= 11 is 7.56. The van der Waals surface area contributed by atoms with Crippen molar-refractivity contribution in [3.63, 3.8) is 0 Å². The maximum Gasteiger partial charge on any atom is 0.334 e. The molecule has 0 radical (unpaired) electrons. The van der Waals surface area contributed by atoms with Crippen LogP contribution < -0.4 is 5.14 Å². The van der Waals surface area contributed by atoms with Gasteiger partial charge in [0, 0.05) is 30.7 Å². The van der Waals surface area contributed by atoms with Crippen molar-refractivity contribution in [1.29, 1.82) is 0 Å². The monoisotopic (exact) mass is 545 g/mol. The van der Waals surface area contributed by atoms with Crippen molar-refractivity contribution < 1.29 is 27.1 Å². The minimum Gasteiger partial charge on any atom is -0.478 e. The lowest BCUT2D eigenvalue weighted by atomic mass is 9.78. The quantitative estimate of drug-likeness (QED) is 0.534. The molecule has 14 heteroatoms. The summed E-state index contributed by atoms with van der Waals surface area (Å²) in [5, 5.41) is 15.7. The Morgan fingerprint density at radius 1 is 1.40 bits per heavy atom. The van der Waals surface area contributed by atoms with E-state index in [1.54, 1.807) is 23.4 Å². The molecule has 0 saturated carbocycles. The minimum absolute atomic E-state index is 0.0755. The molecule has 1 saturated heterocycles. The predicted octanol–water partition coefficient (Wildman–Crippen LogP) is 2.73. The number of carboxylic acid groups (broad SMARTS) is 1. The smallest absolute Gasteiger partial charge is 0.334 e. The number of carbonyl (C=O) groups is 1. The van der Waals surface area contributed by atoms with E-state index in [2.05, 4.69) is 9.98 Å². The van der Waals surface area contributed by atoms with Gasteiger partial charge >= 0.3 is 5.97 Å². The summed E-state index contributed by atoms with van der Waals surface area (Å²) < 4.78 is 54.0. The van der Waals surface area contributed by atoms with Crippen molar-refractivity contribution in [2.45, 2.75) is 30.7 Å². The molecule has 2 aliphatic rings. The number of aromatic nitrogens is 1. The van der Waals surface area contributed by atoms with Crippen molar-refractivity contribution in [1.82, 2.24) is 14.8 Å². The highest BCUT2D eigenvalue weighted by atomic mass is 35.5. The normalized spacial score (nSPS) is 23.7. The third-order valence-electron chi connectivity index (χ3n) is 6.33. The summed E-state index contributed by atoms with van der Waals surface area (Å²) in [6.07, 6.45) is 2.86. The lowest BCUT2D eigenvalue weighted by Gasteiger charge is -2.52. The van der Waals surface area contributed by atoms with Gasteiger partial charge in [-0.3, -0.25) is 9.89 Å². The Balaban J connectivity index is 2.00. The Bertz CT molecular complexity index is 1320. The molecule has 2 unspecified atom stereocenters. The molecule has 2 atom stereocenters. The van der Waals surface area contributed by atoms with Gasteiger partial charge in [0.2, 0.25) is 10.0 Å². The second-order valence-electron chi connectivity index (χ2n) is 8.19. The Morgan fingerprint density at radius 2 is 2.14 bits per heavy atom. The third kappa shape index (κ3) is 4.58. The SMILES string of the molecule is CCN1CCC(c2ccc(F)c(F)c2Cl)(N2C=C(C(=O)O)CN=C2c2nccs2)CC1S(N)(=O)=O. The lowest BCUT2D eigenvalue weighted by molar-refractivity contribution is -0.132. The number of thiazole rings is 1. The van der Waals surface area contributed by atoms with Crippen LogP contribution in [0.25, 0.3) is 0 Å². The number of hydrogen-bond donors (Lipinski definition) is 2. The maximum atomic E-state index is 14.7. The Morgan fingerprint density at radius 3 is 2.74 bits per heavy atom. The number of amidine groups is 1. The molecular weight excluding hydrogens is 524 g/mol. The Labute approximate surface area is 209 Å². The van der Waals surface area contributed by atoms with Crippen LogP contribution in [0.2, 0.25) is 5.02 Å². The van der Waals surface area contributed by atoms with Crippen LogP contribution in [0.3, 0.4) is 0 Å². The number of rotatable bonds is 6. The van der Waals surface area contributed by atoms with E-state index in [-0.39, 0.29) is 42.9 Å². The highest BCUT2D eigenvalue weighted by Gasteiger charge is 2.51. The summed E-state index contributed by atoms with van der Waals surface area (Å²) in [6.45, 7) is 2.20. The molecule has 188 valence electrons. The van der Waals surface area contributed by atoms with Crippen molar-refractivity contribution in [2.24, 2.45) is 10.1 Å². The number of nitrogens with zero attached hydrogens (tertiary/aromatic N) is 4. The number of nitrogens with two attached hydrogens (primary N) is 1. The molecule has 4 rings (SSSR count). The molecule has 0 amide bonds. The van der Waals surface area contributed by atoms with Crippen LogP contribution in [-0.2, 0) is 20.4 Å². The summed E-state index contributed by atoms with van der Waals surface area (Å²) in [5.41, 5.74) is -1.41. The van der Waals surface area contributed by atoms with Crippen LogP contribution in [0.4, 0.5) is 8.78 Å². The molecule has 1 fully saturated rings. The van der Waals surface area contributed by atoms with Gasteiger partial charge in [0.15, 0.2) is 22.5 Å². The number of primary sulfonamides is 1. The van der Waals surface area contributed by atoms with Crippen LogP contribution in [0.1, 0.15) is 30.3 Å². The summed E-state index contributed by atoms with van der Waals surface area (Å²) in [5.74, 6) is -3.42. The van der Waals surface area contributed by atoms with Gasteiger partial charge in [0.05, 0.1) is 22.7 Å². The van der Waals surface area contributed by atoms with Crippen LogP contribution in [0, 0.1) is 11.6 Å². The molecule has 3 N–H and O–H groups in total. The second kappa shape index (κ2) is 9.54. The summed E-state index contributed by atoms with van der Waals surface area (Å²) in [4.78, 5) is 23.7. The fourth-order valence-corrected chi connectivity index (χ4v) is 6.75. The molecule has 1 aromatic heterocycles. The Kier molecular flexibility index (Phi) is 6.99. The van der Waals surface area contributed by atoms with E-state index in [0.29, 0.717) is 11.6 Å². The second-order valence-corrected chi connectivity index (χ2v) is 11.2. The maximum absolute atomic E-state index is 14.7. The summed E-state index contributed by atoms with van der Waals surface area (Å²) in [6, 6.07) is 2.19. The van der Waals surface area contributed by atoms with E-state index in [0.717, 1.165) is 6.07 Å². The van der Waals surface area contributed by atoms with E-state index >= 15 is 0 Å². The number of hydrogen-bond acceptors (Lipinski definition) is 8. The number of halogens is 3. The average molecular weight is 546 g/mol. The van der Waals surface area contributed by atoms with E-state index < -0.39 is 43.6 Å². The number of aliphatic imine (C=N–C) groups is 1. The molecule has 35 heavy (non-hydrogen) atoms. The zero-order valence-corrected chi connectivity index (χ0v) is 20.9. The lowest BCUT2D eigenvalue weighted by Crippen LogP contribution is -2.60. The molecule has 1 aromatic carbocycles. The van der Waals surface area contributed by atoms with Crippen molar-refractivity contribution >= 4 is 44.8 Å². The van der Waals surface area contributed by atoms with Crippen molar-refractivity contribution in [3.05, 3.63) is 62.7 Å². The van der Waals surface area contributed by atoms with Crippen LogP contribution >= 0.6 is 22.9 Å². The molecule has 0 aliphatic carbocycles. The highest BCUT2D eigenvalue weighted by Crippen LogP contribution is 2.47. The molecule has 2 aromatic rings. The molecular formula is C21H22ClF2N5O4S2. The van der Waals surface area contributed by atoms with Gasteiger partial charge in [-0.05, 0) is 24.6 Å². The number of sulfonamides is 1. The Hall–Kier alpha value is -2.45. The van der Waals surface area contributed by atoms with Crippen molar-refractivity contribution in [2.75, 3.05) is 19.6 Å². The molecule has 0 bridgehead atoms. The molecule has 9 nitrogen and oxygen atoms in total. The van der Waals surface area contributed by atoms with Gasteiger partial charge < -0.3 is 10.0 Å². The summed E-state index contributed by atoms with van der Waals surface area (Å²) in [7, 11) is -4.14. The highest BCUT2D eigenvalue weighted by molar-refractivity contribution is 7.89. The van der Waals surface area contributed by atoms with E-state index in [4.69, 9.17) is 16.7 Å². The molecule has 2 aliphatic heterocycles. The van der Waals surface area contributed by atoms with Gasteiger partial charge in [0.25, 0.3) is 0 Å².